The van der Waals surface area contributed by atoms with Gasteiger partial charge in [-0.3, -0.25) is 9.69 Å². The van der Waals surface area contributed by atoms with Crippen LogP contribution in [0.3, 0.4) is 0 Å². The molecule has 1 unspecified atom stereocenters. The van der Waals surface area contributed by atoms with E-state index in [9.17, 15) is 4.79 Å². The van der Waals surface area contributed by atoms with Crippen molar-refractivity contribution in [3.63, 3.8) is 0 Å². The van der Waals surface area contributed by atoms with E-state index in [-0.39, 0.29) is 11.9 Å². The largest absolute Gasteiger partial charge is 0.497 e. The Morgan fingerprint density at radius 3 is 2.67 bits per heavy atom. The van der Waals surface area contributed by atoms with Crippen molar-refractivity contribution in [1.29, 1.82) is 0 Å². The van der Waals surface area contributed by atoms with Gasteiger partial charge in [-0.2, -0.15) is 0 Å². The predicted molar refractivity (Wildman–Crippen MR) is 105 cm³/mol. The summed E-state index contributed by atoms with van der Waals surface area (Å²) in [6.45, 7) is 3.36. The molecule has 2 aromatic rings. The molecule has 6 heteroatoms. The quantitative estimate of drug-likeness (QED) is 0.781. The van der Waals surface area contributed by atoms with Gasteiger partial charge in [-0.15, -0.1) is 0 Å². The van der Waals surface area contributed by atoms with Gasteiger partial charge in [0.1, 0.15) is 11.5 Å². The highest BCUT2D eigenvalue weighted by molar-refractivity contribution is 5.78. The van der Waals surface area contributed by atoms with E-state index >= 15 is 0 Å². The summed E-state index contributed by atoms with van der Waals surface area (Å²) < 4.78 is 10.7. The van der Waals surface area contributed by atoms with Crippen molar-refractivity contribution in [1.82, 2.24) is 15.5 Å². The molecule has 1 aliphatic heterocycles. The number of benzene rings is 2. The summed E-state index contributed by atoms with van der Waals surface area (Å²) in [6, 6.07) is 15.8. The molecule has 0 radical (unpaired) electrons. The van der Waals surface area contributed by atoms with Crippen LogP contribution in [0.15, 0.2) is 48.5 Å². The minimum absolute atomic E-state index is 0.0209. The second-order valence-electron chi connectivity index (χ2n) is 6.56. The minimum Gasteiger partial charge on any atom is -0.497 e. The number of hydrogen-bond donors (Lipinski definition) is 2. The molecule has 0 bridgehead atoms. The van der Waals surface area contributed by atoms with E-state index in [1.165, 1.54) is 0 Å². The van der Waals surface area contributed by atoms with E-state index in [1.54, 1.807) is 14.2 Å². The van der Waals surface area contributed by atoms with Crippen LogP contribution in [0.5, 0.6) is 11.5 Å². The number of nitrogens with one attached hydrogen (secondary N) is 2. The highest BCUT2D eigenvalue weighted by atomic mass is 16.5. The summed E-state index contributed by atoms with van der Waals surface area (Å²) >= 11 is 0. The maximum Gasteiger partial charge on any atom is 0.234 e. The van der Waals surface area contributed by atoms with Crippen LogP contribution >= 0.6 is 0 Å². The summed E-state index contributed by atoms with van der Waals surface area (Å²) in [7, 11) is 3.32. The number of para-hydroxylation sites is 1. The minimum atomic E-state index is 0.0209. The van der Waals surface area contributed by atoms with Gasteiger partial charge in [-0.05, 0) is 23.8 Å². The van der Waals surface area contributed by atoms with E-state index in [4.69, 9.17) is 9.47 Å². The molecular weight excluding hydrogens is 342 g/mol. The third-order valence-corrected chi connectivity index (χ3v) is 4.85. The molecule has 3 rings (SSSR count). The Kier molecular flexibility index (Phi) is 6.68. The van der Waals surface area contributed by atoms with E-state index in [0.717, 1.165) is 42.3 Å². The fourth-order valence-electron chi connectivity index (χ4n) is 3.37. The monoisotopic (exact) mass is 369 g/mol. The van der Waals surface area contributed by atoms with Gasteiger partial charge in [0, 0.05) is 31.7 Å². The van der Waals surface area contributed by atoms with Crippen LogP contribution in [0.1, 0.15) is 17.2 Å². The lowest BCUT2D eigenvalue weighted by atomic mass is 10.0. The number of piperazine rings is 1. The smallest absolute Gasteiger partial charge is 0.234 e. The van der Waals surface area contributed by atoms with E-state index in [1.807, 2.05) is 42.5 Å². The number of ether oxygens (including phenoxy) is 2. The Labute approximate surface area is 160 Å². The molecule has 6 nitrogen and oxygen atoms in total. The van der Waals surface area contributed by atoms with Gasteiger partial charge in [0.25, 0.3) is 0 Å². The van der Waals surface area contributed by atoms with Crippen molar-refractivity contribution in [3.8, 4) is 11.5 Å². The molecule has 0 aromatic heterocycles. The summed E-state index contributed by atoms with van der Waals surface area (Å²) in [6.07, 6.45) is 0. The van der Waals surface area contributed by atoms with Crippen molar-refractivity contribution in [2.75, 3.05) is 40.4 Å². The maximum atomic E-state index is 12.5. The molecule has 2 aromatic carbocycles. The second-order valence-corrected chi connectivity index (χ2v) is 6.56. The molecule has 1 heterocycles. The molecule has 1 saturated heterocycles. The molecule has 0 aliphatic carbocycles. The van der Waals surface area contributed by atoms with E-state index < -0.39 is 0 Å². The molecule has 2 N–H and O–H groups in total. The van der Waals surface area contributed by atoms with Gasteiger partial charge in [-0.1, -0.05) is 30.3 Å². The third-order valence-electron chi connectivity index (χ3n) is 4.85. The third kappa shape index (κ3) is 4.99. The molecular formula is C21H27N3O3. The lowest BCUT2D eigenvalue weighted by molar-refractivity contribution is -0.123. The number of nitrogens with zero attached hydrogens (tertiary/aromatic N) is 1. The summed E-state index contributed by atoms with van der Waals surface area (Å²) in [5.41, 5.74) is 2.15. The summed E-state index contributed by atoms with van der Waals surface area (Å²) in [5, 5.41) is 6.43. The second kappa shape index (κ2) is 9.39. The van der Waals surface area contributed by atoms with E-state index in [0.29, 0.717) is 13.1 Å². The zero-order valence-corrected chi connectivity index (χ0v) is 15.9. The first-order valence-electron chi connectivity index (χ1n) is 9.18. The van der Waals surface area contributed by atoms with Crippen LogP contribution in [0.2, 0.25) is 0 Å². The lowest BCUT2D eigenvalue weighted by Gasteiger charge is -2.36. The van der Waals surface area contributed by atoms with E-state index in [2.05, 4.69) is 21.6 Å². The average Bonchev–Trinajstić information content (AvgIpc) is 2.73. The topological polar surface area (TPSA) is 62.8 Å². The standard InChI is InChI=1S/C21H27N3O3/c1-26-17-9-7-16(8-10-17)13-23-21(25)15-24-12-11-22-14-19(24)18-5-3-4-6-20(18)27-2/h3-10,19,22H,11-15H2,1-2H3,(H,23,25). The molecule has 1 atom stereocenters. The highest BCUT2D eigenvalue weighted by Crippen LogP contribution is 2.29. The average molecular weight is 369 g/mol. The Morgan fingerprint density at radius 1 is 1.15 bits per heavy atom. The van der Waals surface area contributed by atoms with Gasteiger partial charge in [0.15, 0.2) is 0 Å². The zero-order valence-electron chi connectivity index (χ0n) is 15.9. The summed E-state index contributed by atoms with van der Waals surface area (Å²) in [4.78, 5) is 14.7. The van der Waals surface area contributed by atoms with Gasteiger partial charge >= 0.3 is 0 Å². The van der Waals surface area contributed by atoms with Gasteiger partial charge < -0.3 is 20.1 Å². The molecule has 144 valence electrons. The molecule has 1 aliphatic rings. The molecule has 1 amide bonds. The number of carbonyl (C=O) groups is 1. The fraction of sp³-hybridized carbons (Fsp3) is 0.381. The first-order valence-corrected chi connectivity index (χ1v) is 9.18. The lowest BCUT2D eigenvalue weighted by Crippen LogP contribution is -2.49. The van der Waals surface area contributed by atoms with Crippen LogP contribution < -0.4 is 20.1 Å². The maximum absolute atomic E-state index is 12.5. The molecule has 0 spiro atoms. The number of hydrogen-bond acceptors (Lipinski definition) is 5. The summed E-state index contributed by atoms with van der Waals surface area (Å²) in [5.74, 6) is 1.69. The highest BCUT2D eigenvalue weighted by Gasteiger charge is 2.27. The van der Waals surface area contributed by atoms with Crippen LogP contribution in [0, 0.1) is 0 Å². The number of rotatable bonds is 7. The van der Waals surface area contributed by atoms with Gasteiger partial charge in [-0.25, -0.2) is 0 Å². The fourth-order valence-corrected chi connectivity index (χ4v) is 3.37. The van der Waals surface area contributed by atoms with Crippen molar-refractivity contribution in [3.05, 3.63) is 59.7 Å². The molecule has 0 saturated carbocycles. The first-order chi connectivity index (χ1) is 13.2. The molecule has 27 heavy (non-hydrogen) atoms. The first kappa shape index (κ1) is 19.2. The van der Waals surface area contributed by atoms with Crippen molar-refractivity contribution < 1.29 is 14.3 Å². The van der Waals surface area contributed by atoms with Crippen molar-refractivity contribution in [2.24, 2.45) is 0 Å². The molecule has 1 fully saturated rings. The van der Waals surface area contributed by atoms with Crippen LogP contribution in [0.4, 0.5) is 0 Å². The Bertz CT molecular complexity index is 749. The van der Waals surface area contributed by atoms with Crippen LogP contribution in [-0.2, 0) is 11.3 Å². The van der Waals surface area contributed by atoms with Gasteiger partial charge in [0.2, 0.25) is 5.91 Å². The predicted octanol–water partition coefficient (Wildman–Crippen LogP) is 1.97. The number of methoxy groups -OCH3 is 2. The zero-order chi connectivity index (χ0) is 19.1. The van der Waals surface area contributed by atoms with Crippen LogP contribution in [-0.4, -0.2) is 51.2 Å². The van der Waals surface area contributed by atoms with Crippen molar-refractivity contribution in [2.45, 2.75) is 12.6 Å². The van der Waals surface area contributed by atoms with Crippen molar-refractivity contribution >= 4 is 5.91 Å². The SMILES string of the molecule is COc1ccc(CNC(=O)CN2CCNCC2c2ccccc2OC)cc1. The Hall–Kier alpha value is -2.57. The Balaban J connectivity index is 1.60. The Morgan fingerprint density at radius 2 is 1.93 bits per heavy atom. The number of amides is 1. The van der Waals surface area contributed by atoms with Gasteiger partial charge in [0.05, 0.1) is 26.8 Å². The number of carbonyl (C=O) groups excluding carboxylic acids is 1. The normalized spacial score (nSPS) is 17.3. The van der Waals surface area contributed by atoms with Crippen LogP contribution in [0.25, 0.3) is 0 Å².